The second-order valence-corrected chi connectivity index (χ2v) is 4.67. The number of hydrazine groups is 1. The third-order valence-electron chi connectivity index (χ3n) is 3.07. The van der Waals surface area contributed by atoms with Crippen molar-refractivity contribution in [1.82, 2.24) is 5.43 Å². The van der Waals surface area contributed by atoms with Crippen LogP contribution in [-0.2, 0) is 11.3 Å². The molecular formula is C17H22N2O3. The zero-order chi connectivity index (χ0) is 15.6. The lowest BCUT2D eigenvalue weighted by molar-refractivity contribution is 0.144. The van der Waals surface area contributed by atoms with E-state index >= 15 is 0 Å². The minimum atomic E-state index is 0.500. The van der Waals surface area contributed by atoms with Gasteiger partial charge in [0.2, 0.25) is 0 Å². The molecule has 0 aromatic heterocycles. The second kappa shape index (κ2) is 8.92. The molecule has 0 saturated heterocycles. The molecule has 2 rings (SSSR count). The van der Waals surface area contributed by atoms with Gasteiger partial charge in [0.25, 0.3) is 0 Å². The molecule has 0 aliphatic heterocycles. The molecule has 2 aromatic carbocycles. The van der Waals surface area contributed by atoms with Gasteiger partial charge in [-0.3, -0.25) is 0 Å². The molecule has 0 fully saturated rings. The number of anilines is 1. The first-order chi connectivity index (χ1) is 10.8. The molecule has 0 unspecified atom stereocenters. The molecule has 2 N–H and O–H groups in total. The molecular weight excluding hydrogens is 280 g/mol. The summed E-state index contributed by atoms with van der Waals surface area (Å²) in [5.41, 5.74) is 8.44. The fraction of sp³-hybridized carbons (Fsp3) is 0.294. The van der Waals surface area contributed by atoms with Crippen molar-refractivity contribution in [3.63, 3.8) is 0 Å². The normalized spacial score (nSPS) is 10.3. The van der Waals surface area contributed by atoms with Gasteiger partial charge >= 0.3 is 0 Å². The summed E-state index contributed by atoms with van der Waals surface area (Å²) in [6.45, 7) is 1.72. The van der Waals surface area contributed by atoms with Gasteiger partial charge in [0, 0.05) is 19.3 Å². The van der Waals surface area contributed by atoms with E-state index < -0.39 is 0 Å². The highest BCUT2D eigenvalue weighted by atomic mass is 16.5. The molecule has 0 amide bonds. The predicted octanol–water partition coefficient (Wildman–Crippen LogP) is 2.84. The Bertz CT molecular complexity index is 561. The Morgan fingerprint density at radius 1 is 0.909 bits per heavy atom. The van der Waals surface area contributed by atoms with Crippen LogP contribution in [0, 0.1) is 0 Å². The Kier molecular flexibility index (Phi) is 6.54. The van der Waals surface area contributed by atoms with Crippen LogP contribution in [0.4, 0.5) is 5.69 Å². The van der Waals surface area contributed by atoms with Crippen LogP contribution in [0.3, 0.4) is 0 Å². The van der Waals surface area contributed by atoms with Gasteiger partial charge in [0.15, 0.2) is 11.5 Å². The summed E-state index contributed by atoms with van der Waals surface area (Å²) in [5, 5.41) is 0. The average Bonchev–Trinajstić information content (AvgIpc) is 2.57. The third-order valence-corrected chi connectivity index (χ3v) is 3.07. The number of rotatable bonds is 9. The van der Waals surface area contributed by atoms with Crippen LogP contribution in [0.1, 0.15) is 5.56 Å². The summed E-state index contributed by atoms with van der Waals surface area (Å²) < 4.78 is 16.0. The van der Waals surface area contributed by atoms with E-state index in [4.69, 9.17) is 14.2 Å². The number of benzene rings is 2. The molecule has 0 aliphatic carbocycles. The van der Waals surface area contributed by atoms with Crippen molar-refractivity contribution < 1.29 is 14.2 Å². The zero-order valence-corrected chi connectivity index (χ0v) is 13.0. The molecule has 0 aliphatic rings. The first kappa shape index (κ1) is 16.1. The quantitative estimate of drug-likeness (QED) is 0.551. The third kappa shape index (κ3) is 4.95. The van der Waals surface area contributed by atoms with E-state index in [1.54, 1.807) is 14.2 Å². The first-order valence-corrected chi connectivity index (χ1v) is 7.16. The molecule has 118 valence electrons. The van der Waals surface area contributed by atoms with E-state index in [9.17, 15) is 0 Å². The van der Waals surface area contributed by atoms with Gasteiger partial charge in [-0.25, -0.2) is 5.43 Å². The summed E-state index contributed by atoms with van der Waals surface area (Å²) in [7, 11) is 3.28. The second-order valence-electron chi connectivity index (χ2n) is 4.67. The van der Waals surface area contributed by atoms with Crippen molar-refractivity contribution in [1.29, 1.82) is 0 Å². The van der Waals surface area contributed by atoms with Crippen LogP contribution >= 0.6 is 0 Å². The lowest BCUT2D eigenvalue weighted by atomic mass is 10.2. The van der Waals surface area contributed by atoms with Gasteiger partial charge < -0.3 is 19.6 Å². The average molecular weight is 302 g/mol. The van der Waals surface area contributed by atoms with Gasteiger partial charge in [-0.1, -0.05) is 24.3 Å². The Labute approximate surface area is 131 Å². The van der Waals surface area contributed by atoms with Crippen LogP contribution in [0.25, 0.3) is 0 Å². The minimum absolute atomic E-state index is 0.500. The van der Waals surface area contributed by atoms with Gasteiger partial charge in [-0.2, -0.15) is 0 Å². The number of ether oxygens (including phenoxy) is 3. The Hall–Kier alpha value is -2.24. The Morgan fingerprint density at radius 2 is 1.73 bits per heavy atom. The lowest BCUT2D eigenvalue weighted by Crippen LogP contribution is -2.20. The number of hydrogen-bond acceptors (Lipinski definition) is 5. The summed E-state index contributed by atoms with van der Waals surface area (Å²) >= 11 is 0. The Morgan fingerprint density at radius 3 is 2.45 bits per heavy atom. The van der Waals surface area contributed by atoms with E-state index in [0.29, 0.717) is 19.8 Å². The molecule has 0 heterocycles. The van der Waals surface area contributed by atoms with Crippen LogP contribution in [0.15, 0.2) is 48.5 Å². The molecule has 0 saturated carbocycles. The molecule has 0 spiro atoms. The maximum absolute atomic E-state index is 5.61. The van der Waals surface area contributed by atoms with Crippen molar-refractivity contribution in [3.8, 4) is 11.5 Å². The van der Waals surface area contributed by atoms with Crippen molar-refractivity contribution in [2.24, 2.45) is 0 Å². The van der Waals surface area contributed by atoms with Crippen LogP contribution < -0.4 is 20.3 Å². The standard InChI is InChI=1S/C17H22N2O3/c1-20-10-11-22-16-9-8-14(12-17(16)21-2)13-18-19-15-6-4-3-5-7-15/h3-9,12,18-19H,10-11,13H2,1-2H3. The molecule has 0 radical (unpaired) electrons. The number of hydrogen-bond donors (Lipinski definition) is 2. The zero-order valence-electron chi connectivity index (χ0n) is 13.0. The first-order valence-electron chi connectivity index (χ1n) is 7.16. The van der Waals surface area contributed by atoms with E-state index in [-0.39, 0.29) is 0 Å². The van der Waals surface area contributed by atoms with Gasteiger partial charge in [-0.15, -0.1) is 0 Å². The monoisotopic (exact) mass is 302 g/mol. The van der Waals surface area contributed by atoms with Gasteiger partial charge in [-0.05, 0) is 29.8 Å². The lowest BCUT2D eigenvalue weighted by Gasteiger charge is -2.13. The minimum Gasteiger partial charge on any atom is -0.493 e. The highest BCUT2D eigenvalue weighted by molar-refractivity contribution is 5.44. The van der Waals surface area contributed by atoms with E-state index in [0.717, 1.165) is 22.7 Å². The maximum atomic E-state index is 5.61. The van der Waals surface area contributed by atoms with Gasteiger partial charge in [0.05, 0.1) is 13.7 Å². The SMILES string of the molecule is COCCOc1ccc(CNNc2ccccc2)cc1OC. The Balaban J connectivity index is 1.88. The van der Waals surface area contributed by atoms with Gasteiger partial charge in [0.1, 0.15) is 6.61 Å². The molecule has 0 bridgehead atoms. The summed E-state index contributed by atoms with van der Waals surface area (Å²) in [6, 6.07) is 15.8. The van der Waals surface area contributed by atoms with E-state index in [2.05, 4.69) is 10.9 Å². The molecule has 5 nitrogen and oxygen atoms in total. The molecule has 5 heteroatoms. The largest absolute Gasteiger partial charge is 0.493 e. The molecule has 22 heavy (non-hydrogen) atoms. The van der Waals surface area contributed by atoms with Crippen LogP contribution in [0.2, 0.25) is 0 Å². The van der Waals surface area contributed by atoms with Crippen LogP contribution in [0.5, 0.6) is 11.5 Å². The summed E-state index contributed by atoms with van der Waals surface area (Å²) in [6.07, 6.45) is 0. The van der Waals surface area contributed by atoms with Crippen molar-refractivity contribution in [3.05, 3.63) is 54.1 Å². The summed E-state index contributed by atoms with van der Waals surface area (Å²) in [5.74, 6) is 1.44. The van der Waals surface area contributed by atoms with Crippen LogP contribution in [-0.4, -0.2) is 27.4 Å². The maximum Gasteiger partial charge on any atom is 0.161 e. The highest BCUT2D eigenvalue weighted by Gasteiger charge is 2.05. The molecule has 0 atom stereocenters. The number of nitrogens with one attached hydrogen (secondary N) is 2. The smallest absolute Gasteiger partial charge is 0.161 e. The van der Waals surface area contributed by atoms with Crippen molar-refractivity contribution in [2.75, 3.05) is 32.9 Å². The fourth-order valence-corrected chi connectivity index (χ4v) is 1.95. The van der Waals surface area contributed by atoms with Crippen molar-refractivity contribution in [2.45, 2.75) is 6.54 Å². The number of para-hydroxylation sites is 1. The highest BCUT2D eigenvalue weighted by Crippen LogP contribution is 2.28. The van der Waals surface area contributed by atoms with Crippen molar-refractivity contribution >= 4 is 5.69 Å². The van der Waals surface area contributed by atoms with E-state index in [1.807, 2.05) is 48.5 Å². The number of methoxy groups -OCH3 is 2. The topological polar surface area (TPSA) is 51.8 Å². The molecule has 2 aromatic rings. The summed E-state index contributed by atoms with van der Waals surface area (Å²) in [4.78, 5) is 0. The van der Waals surface area contributed by atoms with E-state index in [1.165, 1.54) is 0 Å². The predicted molar refractivity (Wildman–Crippen MR) is 87.3 cm³/mol. The fourth-order valence-electron chi connectivity index (χ4n) is 1.95.